The van der Waals surface area contributed by atoms with Gasteiger partial charge in [-0.1, -0.05) is 60.7 Å². The van der Waals surface area contributed by atoms with Crippen molar-refractivity contribution in [3.05, 3.63) is 154 Å². The second-order valence-corrected chi connectivity index (χ2v) is 13.1. The zero-order valence-corrected chi connectivity index (χ0v) is 29.6. The number of benzene rings is 5. The van der Waals surface area contributed by atoms with Crippen molar-refractivity contribution < 1.29 is 41.8 Å². The number of ether oxygens (including phenoxy) is 2. The van der Waals surface area contributed by atoms with Crippen molar-refractivity contribution in [3.8, 4) is 16.9 Å². The Labute approximate surface area is 310 Å². The molecular weight excluding hydrogens is 697 g/mol. The lowest BCUT2D eigenvalue weighted by Gasteiger charge is -2.17. The molecule has 2 amide bonds. The van der Waals surface area contributed by atoms with Crippen LogP contribution in [0.2, 0.25) is 0 Å². The summed E-state index contributed by atoms with van der Waals surface area (Å²) in [4.78, 5) is 53.5. The first-order valence-electron chi connectivity index (χ1n) is 17.4. The molecule has 1 aliphatic rings. The van der Waals surface area contributed by atoms with Gasteiger partial charge in [-0.25, -0.2) is 4.79 Å². The molecule has 0 aromatic heterocycles. The number of esters is 2. The van der Waals surface area contributed by atoms with Gasteiger partial charge in [0.1, 0.15) is 11.9 Å². The molecule has 0 saturated heterocycles. The van der Waals surface area contributed by atoms with Gasteiger partial charge in [-0.2, -0.15) is 13.2 Å². The normalized spacial score (nSPS) is 13.5. The van der Waals surface area contributed by atoms with E-state index >= 15 is 0 Å². The number of fused-ring (bicyclic) bond motifs is 1. The molecule has 1 aliphatic carbocycles. The van der Waals surface area contributed by atoms with Gasteiger partial charge >= 0.3 is 18.1 Å². The molecule has 276 valence electrons. The highest BCUT2D eigenvalue weighted by Crippen LogP contribution is 2.35. The van der Waals surface area contributed by atoms with E-state index in [1.807, 2.05) is 24.3 Å². The van der Waals surface area contributed by atoms with Crippen LogP contribution >= 0.6 is 0 Å². The lowest BCUT2D eigenvalue weighted by atomic mass is 9.97. The summed E-state index contributed by atoms with van der Waals surface area (Å²) in [5.41, 5.74) is 4.07. The lowest BCUT2D eigenvalue weighted by Crippen LogP contribution is -2.24. The van der Waals surface area contributed by atoms with Crippen LogP contribution in [-0.2, 0) is 28.5 Å². The Bertz CT molecular complexity index is 2180. The topological polar surface area (TPSA) is 102 Å². The third-order valence-corrected chi connectivity index (χ3v) is 9.16. The highest BCUT2D eigenvalue weighted by Gasteiger charge is 2.30. The Balaban J connectivity index is 1.05. The van der Waals surface area contributed by atoms with Crippen molar-refractivity contribution in [1.29, 1.82) is 0 Å². The van der Waals surface area contributed by atoms with Gasteiger partial charge in [0.15, 0.2) is 0 Å². The number of carbonyl (C=O) groups is 4. The first kappa shape index (κ1) is 37.5. The third kappa shape index (κ3) is 8.86. The molecule has 6 rings (SSSR count). The van der Waals surface area contributed by atoms with Crippen LogP contribution in [0.25, 0.3) is 11.1 Å². The first-order valence-corrected chi connectivity index (χ1v) is 17.4. The van der Waals surface area contributed by atoms with Gasteiger partial charge in [0.05, 0.1) is 22.4 Å². The van der Waals surface area contributed by atoms with E-state index in [1.165, 1.54) is 22.6 Å². The number of rotatable bonds is 11. The van der Waals surface area contributed by atoms with Crippen LogP contribution in [0.1, 0.15) is 78.7 Å². The van der Waals surface area contributed by atoms with Crippen LogP contribution in [0.4, 0.5) is 18.9 Å². The van der Waals surface area contributed by atoms with Crippen molar-refractivity contribution in [2.24, 2.45) is 0 Å². The maximum absolute atomic E-state index is 13.5. The Hall–Kier alpha value is -6.23. The van der Waals surface area contributed by atoms with Crippen molar-refractivity contribution in [3.63, 3.8) is 0 Å². The molecule has 54 heavy (non-hydrogen) atoms. The molecule has 0 aliphatic heterocycles. The van der Waals surface area contributed by atoms with E-state index in [4.69, 9.17) is 9.47 Å². The molecule has 1 atom stereocenters. The standard InChI is InChI=1S/C43H37F3N2O6/c1-48(2)41(51)36-26-27(14-24-37(36)47-40(50)35-12-6-5-10-33(35)29-15-20-31(21-16-29)43(44,45)46)8-7-13-39(49)53-32-22-17-30(18-23-32)42(52)54-38-25-19-28-9-3-4-11-34(28)38/h3-6,9-12,14-18,20-24,26,38H,7-8,13,19,25H2,1-2H3,(H,47,50). The van der Waals surface area contributed by atoms with Crippen LogP contribution in [0.15, 0.2) is 115 Å². The van der Waals surface area contributed by atoms with Gasteiger partial charge in [0.25, 0.3) is 11.8 Å². The largest absolute Gasteiger partial charge is 0.454 e. The molecule has 0 radical (unpaired) electrons. The van der Waals surface area contributed by atoms with E-state index in [-0.39, 0.29) is 35.2 Å². The number of nitrogens with one attached hydrogen (secondary N) is 1. The number of anilines is 1. The number of amides is 2. The zero-order valence-electron chi connectivity index (χ0n) is 29.6. The van der Waals surface area contributed by atoms with Gasteiger partial charge in [-0.15, -0.1) is 0 Å². The number of aryl methyl sites for hydroxylation is 2. The van der Waals surface area contributed by atoms with E-state index in [0.29, 0.717) is 35.3 Å². The smallest absolute Gasteiger partial charge is 0.416 e. The fourth-order valence-corrected chi connectivity index (χ4v) is 6.35. The van der Waals surface area contributed by atoms with E-state index in [9.17, 15) is 32.3 Å². The number of nitrogens with zero attached hydrogens (tertiary/aromatic N) is 1. The molecular formula is C43H37F3N2O6. The molecule has 0 heterocycles. The molecule has 1 unspecified atom stereocenters. The summed E-state index contributed by atoms with van der Waals surface area (Å²) in [5, 5.41) is 2.80. The molecule has 1 N–H and O–H groups in total. The van der Waals surface area contributed by atoms with Crippen molar-refractivity contribution in [2.45, 2.75) is 44.4 Å². The van der Waals surface area contributed by atoms with Gasteiger partial charge in [-0.05, 0) is 108 Å². The zero-order chi connectivity index (χ0) is 38.4. The molecule has 5 aromatic rings. The Morgan fingerprint density at radius 2 is 1.52 bits per heavy atom. The Kier molecular flexibility index (Phi) is 11.3. The molecule has 0 saturated carbocycles. The van der Waals surface area contributed by atoms with Crippen molar-refractivity contribution in [2.75, 3.05) is 19.4 Å². The number of hydrogen-bond donors (Lipinski definition) is 1. The summed E-state index contributed by atoms with van der Waals surface area (Å²) in [7, 11) is 3.17. The third-order valence-electron chi connectivity index (χ3n) is 9.16. The molecule has 5 aromatic carbocycles. The van der Waals surface area contributed by atoms with Crippen LogP contribution in [-0.4, -0.2) is 42.7 Å². The SMILES string of the molecule is CN(C)C(=O)c1cc(CCCC(=O)Oc2ccc(C(=O)OC3CCc4ccccc43)cc2)ccc1NC(=O)c1ccccc1-c1ccc(C(F)(F)F)cc1. The Morgan fingerprint density at radius 3 is 2.24 bits per heavy atom. The van der Waals surface area contributed by atoms with E-state index in [1.54, 1.807) is 80.8 Å². The van der Waals surface area contributed by atoms with E-state index in [0.717, 1.165) is 36.1 Å². The summed E-state index contributed by atoms with van der Waals surface area (Å²) >= 11 is 0. The van der Waals surface area contributed by atoms with Gasteiger partial charge < -0.3 is 19.7 Å². The predicted octanol–water partition coefficient (Wildman–Crippen LogP) is 9.10. The first-order chi connectivity index (χ1) is 25.9. The number of hydrogen-bond acceptors (Lipinski definition) is 6. The van der Waals surface area contributed by atoms with E-state index < -0.39 is 29.6 Å². The highest BCUT2D eigenvalue weighted by molar-refractivity contribution is 6.11. The average Bonchev–Trinajstić information content (AvgIpc) is 3.57. The number of halogens is 3. The van der Waals surface area contributed by atoms with Gasteiger partial charge in [0.2, 0.25) is 0 Å². The van der Waals surface area contributed by atoms with Crippen LogP contribution < -0.4 is 10.1 Å². The average molecular weight is 735 g/mol. The summed E-state index contributed by atoms with van der Waals surface area (Å²) < 4.78 is 50.6. The predicted molar refractivity (Wildman–Crippen MR) is 197 cm³/mol. The summed E-state index contributed by atoms with van der Waals surface area (Å²) in [6.45, 7) is 0. The monoisotopic (exact) mass is 734 g/mol. The van der Waals surface area contributed by atoms with Crippen LogP contribution in [0.3, 0.4) is 0 Å². The van der Waals surface area contributed by atoms with E-state index in [2.05, 4.69) is 5.32 Å². The maximum Gasteiger partial charge on any atom is 0.416 e. The fourth-order valence-electron chi connectivity index (χ4n) is 6.35. The Morgan fingerprint density at radius 1 is 0.815 bits per heavy atom. The van der Waals surface area contributed by atoms with Crippen molar-refractivity contribution in [1.82, 2.24) is 4.90 Å². The lowest BCUT2D eigenvalue weighted by molar-refractivity contribution is -0.137. The second kappa shape index (κ2) is 16.2. The summed E-state index contributed by atoms with van der Waals surface area (Å²) in [6.07, 6.45) is -2.25. The van der Waals surface area contributed by atoms with Gasteiger partial charge in [0, 0.05) is 26.1 Å². The van der Waals surface area contributed by atoms with Crippen LogP contribution in [0.5, 0.6) is 5.75 Å². The molecule has 0 spiro atoms. The molecule has 0 bridgehead atoms. The molecule has 11 heteroatoms. The molecule has 8 nitrogen and oxygen atoms in total. The number of alkyl halides is 3. The number of carbonyl (C=O) groups excluding carboxylic acids is 4. The van der Waals surface area contributed by atoms with Crippen LogP contribution in [0, 0.1) is 0 Å². The minimum absolute atomic E-state index is 0.0844. The quantitative estimate of drug-likeness (QED) is 0.107. The summed E-state index contributed by atoms with van der Waals surface area (Å²) in [5.74, 6) is -1.52. The molecule has 0 fully saturated rings. The summed E-state index contributed by atoms with van der Waals surface area (Å²) in [6, 6.07) is 30.2. The fraction of sp³-hybridized carbons (Fsp3) is 0.209. The highest BCUT2D eigenvalue weighted by atomic mass is 19.4. The minimum Gasteiger partial charge on any atom is -0.454 e. The second-order valence-electron chi connectivity index (χ2n) is 13.1. The minimum atomic E-state index is -4.49. The van der Waals surface area contributed by atoms with Crippen molar-refractivity contribution >= 4 is 29.4 Å². The maximum atomic E-state index is 13.5. The van der Waals surface area contributed by atoms with Gasteiger partial charge in [-0.3, -0.25) is 14.4 Å².